The number of benzene rings is 1. The summed E-state index contributed by atoms with van der Waals surface area (Å²) in [6, 6.07) is 4.80. The Hall–Kier alpha value is -2.37. The average Bonchev–Trinajstić information content (AvgIpc) is 2.99. The van der Waals surface area contributed by atoms with Crippen molar-refractivity contribution < 1.29 is 14.7 Å². The predicted octanol–water partition coefficient (Wildman–Crippen LogP) is 1.70. The van der Waals surface area contributed by atoms with Crippen LogP contribution in [0.2, 0.25) is 0 Å². The zero-order chi connectivity index (χ0) is 15.1. The van der Waals surface area contributed by atoms with E-state index in [0.29, 0.717) is 18.5 Å². The summed E-state index contributed by atoms with van der Waals surface area (Å²) >= 11 is 0. The molecule has 0 aliphatic carbocycles. The first-order valence-corrected chi connectivity index (χ1v) is 7.02. The van der Waals surface area contributed by atoms with Crippen LogP contribution in [-0.4, -0.2) is 45.0 Å². The normalized spacial score (nSPS) is 18.7. The van der Waals surface area contributed by atoms with Crippen molar-refractivity contribution >= 4 is 22.9 Å². The van der Waals surface area contributed by atoms with Crippen molar-refractivity contribution in [3.8, 4) is 0 Å². The molecule has 110 valence electrons. The molecule has 0 radical (unpaired) electrons. The Morgan fingerprint density at radius 2 is 2.24 bits per heavy atom. The Bertz CT molecular complexity index is 735. The molecule has 0 bridgehead atoms. The fourth-order valence-electron chi connectivity index (χ4n) is 2.98. The molecule has 1 saturated heterocycles. The third-order valence-corrected chi connectivity index (χ3v) is 4.05. The van der Waals surface area contributed by atoms with E-state index in [9.17, 15) is 14.7 Å². The Morgan fingerprint density at radius 3 is 2.81 bits per heavy atom. The van der Waals surface area contributed by atoms with Gasteiger partial charge in [-0.1, -0.05) is 13.0 Å². The van der Waals surface area contributed by atoms with Gasteiger partial charge in [0, 0.05) is 20.0 Å². The highest BCUT2D eigenvalue weighted by Crippen LogP contribution is 2.30. The maximum absolute atomic E-state index is 12.3. The number of rotatable bonds is 3. The summed E-state index contributed by atoms with van der Waals surface area (Å²) in [5.41, 5.74) is 1.37. The molecule has 1 aliphatic heterocycles. The van der Waals surface area contributed by atoms with Gasteiger partial charge >= 0.3 is 5.97 Å². The van der Waals surface area contributed by atoms with Gasteiger partial charge < -0.3 is 14.6 Å². The summed E-state index contributed by atoms with van der Waals surface area (Å²) in [6.07, 6.45) is 1.38. The van der Waals surface area contributed by atoms with Crippen LogP contribution >= 0.6 is 0 Å². The van der Waals surface area contributed by atoms with Crippen LogP contribution < -0.4 is 0 Å². The number of fused-ring (bicyclic) bond motifs is 1. The second-order valence-electron chi connectivity index (χ2n) is 5.29. The van der Waals surface area contributed by atoms with E-state index >= 15 is 0 Å². The number of aromatic carboxylic acids is 1. The van der Waals surface area contributed by atoms with E-state index in [-0.39, 0.29) is 17.5 Å². The van der Waals surface area contributed by atoms with Crippen molar-refractivity contribution in [3.05, 3.63) is 29.6 Å². The molecule has 0 saturated carbocycles. The van der Waals surface area contributed by atoms with Crippen LogP contribution in [0.4, 0.5) is 0 Å². The number of carbonyl (C=O) groups excluding carboxylic acids is 1. The zero-order valence-electron chi connectivity index (χ0n) is 12.0. The molecular weight excluding hydrogens is 270 g/mol. The summed E-state index contributed by atoms with van der Waals surface area (Å²) in [5, 5.41) is 9.29. The second kappa shape index (κ2) is 4.87. The average molecular weight is 287 g/mol. The molecule has 6 heteroatoms. The van der Waals surface area contributed by atoms with Crippen LogP contribution in [0.25, 0.3) is 11.0 Å². The minimum atomic E-state index is -0.997. The van der Waals surface area contributed by atoms with Crippen molar-refractivity contribution in [1.29, 1.82) is 0 Å². The van der Waals surface area contributed by atoms with E-state index in [1.54, 1.807) is 24.1 Å². The highest BCUT2D eigenvalue weighted by Gasteiger charge is 2.33. The number of nitrogens with zero attached hydrogens (tertiary/aromatic N) is 3. The number of aryl methyl sites for hydroxylation is 1. The van der Waals surface area contributed by atoms with Gasteiger partial charge in [0.05, 0.1) is 11.1 Å². The molecule has 2 heterocycles. The highest BCUT2D eigenvalue weighted by molar-refractivity contribution is 6.01. The van der Waals surface area contributed by atoms with E-state index in [0.717, 1.165) is 17.8 Å². The van der Waals surface area contributed by atoms with E-state index in [1.807, 2.05) is 17.6 Å². The molecule has 1 aliphatic rings. The number of para-hydroxylation sites is 1. The number of aromatic nitrogens is 2. The minimum absolute atomic E-state index is 0.0599. The third kappa shape index (κ3) is 1.98. The van der Waals surface area contributed by atoms with Gasteiger partial charge in [0.2, 0.25) is 5.91 Å². The van der Waals surface area contributed by atoms with Crippen molar-refractivity contribution in [1.82, 2.24) is 14.5 Å². The van der Waals surface area contributed by atoms with Gasteiger partial charge in [-0.15, -0.1) is 0 Å². The molecule has 3 rings (SSSR count). The first-order chi connectivity index (χ1) is 10.0. The number of likely N-dealkylation sites (tertiary alicyclic amines) is 1. The molecule has 1 unspecified atom stereocenters. The van der Waals surface area contributed by atoms with Gasteiger partial charge in [-0.05, 0) is 18.6 Å². The molecule has 1 amide bonds. The largest absolute Gasteiger partial charge is 0.478 e. The maximum Gasteiger partial charge on any atom is 0.337 e. The van der Waals surface area contributed by atoms with E-state index in [1.165, 1.54) is 0 Å². The van der Waals surface area contributed by atoms with E-state index < -0.39 is 5.97 Å². The van der Waals surface area contributed by atoms with Gasteiger partial charge in [0.25, 0.3) is 0 Å². The molecule has 21 heavy (non-hydrogen) atoms. The van der Waals surface area contributed by atoms with Crippen molar-refractivity contribution in [3.63, 3.8) is 0 Å². The van der Waals surface area contributed by atoms with Crippen LogP contribution in [0.3, 0.4) is 0 Å². The van der Waals surface area contributed by atoms with Crippen LogP contribution in [0.1, 0.15) is 35.6 Å². The fraction of sp³-hybridized carbons (Fsp3) is 0.400. The molecule has 2 aromatic rings. The Morgan fingerprint density at radius 1 is 1.48 bits per heavy atom. The lowest BCUT2D eigenvalue weighted by Crippen LogP contribution is -2.25. The molecular formula is C15H17N3O3. The third-order valence-electron chi connectivity index (χ3n) is 4.05. The minimum Gasteiger partial charge on any atom is -0.478 e. The summed E-state index contributed by atoms with van der Waals surface area (Å²) in [6.45, 7) is 2.67. The number of carboxylic acids is 1. The van der Waals surface area contributed by atoms with Crippen molar-refractivity contribution in [2.24, 2.45) is 0 Å². The van der Waals surface area contributed by atoms with E-state index in [2.05, 4.69) is 4.98 Å². The molecule has 1 aromatic carbocycles. The first-order valence-electron chi connectivity index (χ1n) is 7.02. The summed E-state index contributed by atoms with van der Waals surface area (Å²) in [7, 11) is 1.79. The number of carbonyl (C=O) groups is 2. The van der Waals surface area contributed by atoms with Gasteiger partial charge in [-0.3, -0.25) is 4.79 Å². The van der Waals surface area contributed by atoms with Gasteiger partial charge in [0.15, 0.2) is 0 Å². The van der Waals surface area contributed by atoms with Crippen molar-refractivity contribution in [2.75, 3.05) is 13.6 Å². The van der Waals surface area contributed by atoms with Gasteiger partial charge in [-0.25, -0.2) is 9.78 Å². The van der Waals surface area contributed by atoms with Crippen LogP contribution in [0.5, 0.6) is 0 Å². The summed E-state index contributed by atoms with van der Waals surface area (Å²) < 4.78 is 1.91. The molecule has 6 nitrogen and oxygen atoms in total. The topological polar surface area (TPSA) is 75.4 Å². The van der Waals surface area contributed by atoms with Gasteiger partial charge in [-0.2, -0.15) is 0 Å². The lowest BCUT2D eigenvalue weighted by molar-refractivity contribution is -0.129. The molecule has 1 aromatic heterocycles. The fourth-order valence-corrected chi connectivity index (χ4v) is 2.98. The second-order valence-corrected chi connectivity index (χ2v) is 5.29. The Labute approximate surface area is 122 Å². The molecule has 0 spiro atoms. The lowest BCUT2D eigenvalue weighted by Gasteiger charge is -2.15. The summed E-state index contributed by atoms with van der Waals surface area (Å²) in [5.74, 6) is -0.181. The van der Waals surface area contributed by atoms with Crippen LogP contribution in [0.15, 0.2) is 18.2 Å². The Kier molecular flexibility index (Phi) is 3.16. The maximum atomic E-state index is 12.3. The predicted molar refractivity (Wildman–Crippen MR) is 77.4 cm³/mol. The quantitative estimate of drug-likeness (QED) is 0.932. The molecule has 1 N–H and O–H groups in total. The lowest BCUT2D eigenvalue weighted by atomic mass is 10.1. The zero-order valence-corrected chi connectivity index (χ0v) is 12.0. The highest BCUT2D eigenvalue weighted by atomic mass is 16.4. The number of likely N-dealkylation sites (N-methyl/N-ethyl adjacent to an activating group) is 1. The van der Waals surface area contributed by atoms with Crippen LogP contribution in [-0.2, 0) is 11.2 Å². The van der Waals surface area contributed by atoms with Crippen molar-refractivity contribution in [2.45, 2.75) is 25.8 Å². The number of hydrogen-bond donors (Lipinski definition) is 1. The SMILES string of the molecule is CCc1nc2c(C(=O)O)cccc2n1C1CCN(C)C1=O. The molecule has 1 atom stereocenters. The number of hydrogen-bond acceptors (Lipinski definition) is 3. The van der Waals surface area contributed by atoms with Crippen LogP contribution in [0, 0.1) is 0 Å². The number of carboxylic acid groups (broad SMARTS) is 1. The molecule has 1 fully saturated rings. The number of imidazole rings is 1. The summed E-state index contributed by atoms with van der Waals surface area (Å²) in [4.78, 5) is 29.8. The van der Waals surface area contributed by atoms with Gasteiger partial charge in [0.1, 0.15) is 17.4 Å². The number of amides is 1. The Balaban J connectivity index is 2.24. The smallest absolute Gasteiger partial charge is 0.337 e. The monoisotopic (exact) mass is 287 g/mol. The first kappa shape index (κ1) is 13.6. The van der Waals surface area contributed by atoms with E-state index in [4.69, 9.17) is 0 Å². The standard InChI is InChI=1S/C15H17N3O3/c1-3-12-16-13-9(15(20)21)5-4-6-10(13)18(12)11-7-8-17(2)14(11)19/h4-6,11H,3,7-8H2,1-2H3,(H,20,21).